The van der Waals surface area contributed by atoms with Crippen molar-refractivity contribution >= 4 is 11.7 Å². The van der Waals surface area contributed by atoms with Crippen LogP contribution in [0, 0.1) is 20.8 Å². The molecule has 112 valence electrons. The van der Waals surface area contributed by atoms with Crippen molar-refractivity contribution in [2.75, 3.05) is 11.9 Å². The van der Waals surface area contributed by atoms with E-state index >= 15 is 0 Å². The largest absolute Gasteiger partial charge is 0.361 e. The van der Waals surface area contributed by atoms with E-state index in [0.29, 0.717) is 12.2 Å². The fourth-order valence-corrected chi connectivity index (χ4v) is 2.54. The van der Waals surface area contributed by atoms with Gasteiger partial charge in [-0.05, 0) is 38.8 Å². The van der Waals surface area contributed by atoms with Crippen LogP contribution in [0.25, 0.3) is 0 Å². The number of aromatic nitrogens is 2. The molecule has 0 N–H and O–H groups in total. The van der Waals surface area contributed by atoms with Gasteiger partial charge in [-0.3, -0.25) is 9.69 Å². The summed E-state index contributed by atoms with van der Waals surface area (Å²) in [5, 5.41) is 3.95. The lowest BCUT2D eigenvalue weighted by Gasteiger charge is -2.19. The van der Waals surface area contributed by atoms with Crippen LogP contribution < -0.4 is 4.90 Å². The Balaban J connectivity index is 2.11. The number of carbonyl (C=O) groups excluding carboxylic acids is 1. The molecule has 2 heterocycles. The first-order valence-electron chi connectivity index (χ1n) is 7.03. The van der Waals surface area contributed by atoms with E-state index in [9.17, 15) is 4.79 Å². The Hall–Kier alpha value is -2.17. The van der Waals surface area contributed by atoms with E-state index in [1.165, 1.54) is 0 Å². The summed E-state index contributed by atoms with van der Waals surface area (Å²) >= 11 is 0. The third kappa shape index (κ3) is 3.29. The summed E-state index contributed by atoms with van der Waals surface area (Å²) in [5.41, 5.74) is 2.77. The lowest BCUT2D eigenvalue weighted by atomic mass is 9.95. The van der Waals surface area contributed by atoms with Gasteiger partial charge in [0.25, 0.3) is 0 Å². The van der Waals surface area contributed by atoms with Gasteiger partial charge in [0.2, 0.25) is 5.91 Å². The average molecular weight is 287 g/mol. The molecule has 0 radical (unpaired) electrons. The molecule has 0 aromatic carbocycles. The van der Waals surface area contributed by atoms with Crippen molar-refractivity contribution in [1.29, 1.82) is 0 Å². The van der Waals surface area contributed by atoms with Gasteiger partial charge in [0.1, 0.15) is 11.6 Å². The molecule has 0 aliphatic carbocycles. The summed E-state index contributed by atoms with van der Waals surface area (Å²) < 4.78 is 5.17. The number of pyridine rings is 1. The molecule has 2 aromatic heterocycles. The second-order valence-electron chi connectivity index (χ2n) is 5.43. The summed E-state index contributed by atoms with van der Waals surface area (Å²) in [6.45, 7) is 7.71. The first kappa shape index (κ1) is 15.2. The van der Waals surface area contributed by atoms with Crippen molar-refractivity contribution in [3.05, 3.63) is 40.9 Å². The maximum absolute atomic E-state index is 12.4. The number of carbonyl (C=O) groups is 1. The Morgan fingerprint density at radius 1 is 1.33 bits per heavy atom. The van der Waals surface area contributed by atoms with Crippen LogP contribution in [0.1, 0.15) is 42.0 Å². The maximum atomic E-state index is 12.4. The van der Waals surface area contributed by atoms with Crippen molar-refractivity contribution in [1.82, 2.24) is 10.1 Å². The van der Waals surface area contributed by atoms with Crippen LogP contribution in [-0.4, -0.2) is 23.1 Å². The second kappa shape index (κ2) is 6.08. The highest BCUT2D eigenvalue weighted by molar-refractivity contribution is 5.92. The zero-order valence-electron chi connectivity index (χ0n) is 13.2. The fourth-order valence-electron chi connectivity index (χ4n) is 2.54. The third-order valence-electron chi connectivity index (χ3n) is 3.65. The highest BCUT2D eigenvalue weighted by Gasteiger charge is 2.21. The van der Waals surface area contributed by atoms with E-state index in [-0.39, 0.29) is 11.8 Å². The molecule has 5 nitrogen and oxygen atoms in total. The van der Waals surface area contributed by atoms with Gasteiger partial charge in [-0.25, -0.2) is 4.98 Å². The molecule has 2 rings (SSSR count). The molecule has 1 amide bonds. The van der Waals surface area contributed by atoms with E-state index in [2.05, 4.69) is 10.1 Å². The van der Waals surface area contributed by atoms with Crippen molar-refractivity contribution in [3.63, 3.8) is 0 Å². The molecule has 0 fully saturated rings. The summed E-state index contributed by atoms with van der Waals surface area (Å²) in [6.07, 6.45) is 0.398. The Bertz CT molecular complexity index is 629. The van der Waals surface area contributed by atoms with Crippen LogP contribution in [0.15, 0.2) is 22.7 Å². The number of anilines is 1. The normalized spacial score (nSPS) is 12.2. The van der Waals surface area contributed by atoms with Gasteiger partial charge < -0.3 is 4.52 Å². The Morgan fingerprint density at radius 2 is 2.05 bits per heavy atom. The molecular formula is C16H21N3O2. The van der Waals surface area contributed by atoms with Crippen molar-refractivity contribution in [3.8, 4) is 0 Å². The van der Waals surface area contributed by atoms with E-state index in [4.69, 9.17) is 4.52 Å². The molecule has 21 heavy (non-hydrogen) atoms. The monoisotopic (exact) mass is 287 g/mol. The third-order valence-corrected chi connectivity index (χ3v) is 3.65. The standard InChI is InChI=1S/C16H21N3O2/c1-10(16-12(3)18-21-13(16)4)9-15(20)19(5)14-8-6-7-11(2)17-14/h6-8,10H,9H2,1-5H3. The minimum atomic E-state index is 0.0283. The summed E-state index contributed by atoms with van der Waals surface area (Å²) in [7, 11) is 1.75. The van der Waals surface area contributed by atoms with Crippen LogP contribution in [0.3, 0.4) is 0 Å². The molecule has 0 saturated heterocycles. The van der Waals surface area contributed by atoms with E-state index < -0.39 is 0 Å². The van der Waals surface area contributed by atoms with Crippen molar-refractivity contribution < 1.29 is 9.32 Å². The van der Waals surface area contributed by atoms with E-state index in [1.54, 1.807) is 11.9 Å². The number of nitrogens with zero attached hydrogens (tertiary/aromatic N) is 3. The smallest absolute Gasteiger partial charge is 0.228 e. The van der Waals surface area contributed by atoms with Crippen LogP contribution >= 0.6 is 0 Å². The maximum Gasteiger partial charge on any atom is 0.228 e. The Kier molecular flexibility index (Phi) is 4.40. The Morgan fingerprint density at radius 3 is 2.62 bits per heavy atom. The molecule has 2 aromatic rings. The van der Waals surface area contributed by atoms with Gasteiger partial charge in [-0.1, -0.05) is 18.1 Å². The van der Waals surface area contributed by atoms with Gasteiger partial charge in [-0.15, -0.1) is 0 Å². The van der Waals surface area contributed by atoms with E-state index in [1.807, 2.05) is 45.9 Å². The highest BCUT2D eigenvalue weighted by atomic mass is 16.5. The predicted molar refractivity (Wildman–Crippen MR) is 81.4 cm³/mol. The summed E-state index contributed by atoms with van der Waals surface area (Å²) in [5.74, 6) is 1.55. The zero-order chi connectivity index (χ0) is 15.6. The number of amides is 1. The lowest BCUT2D eigenvalue weighted by molar-refractivity contribution is -0.118. The number of hydrogen-bond donors (Lipinski definition) is 0. The van der Waals surface area contributed by atoms with Gasteiger partial charge in [0.15, 0.2) is 0 Å². The van der Waals surface area contributed by atoms with Gasteiger partial charge in [0, 0.05) is 24.7 Å². The van der Waals surface area contributed by atoms with Gasteiger partial charge >= 0.3 is 0 Å². The number of hydrogen-bond acceptors (Lipinski definition) is 4. The molecule has 1 unspecified atom stereocenters. The molecule has 0 bridgehead atoms. The van der Waals surface area contributed by atoms with Crippen LogP contribution in [0.4, 0.5) is 5.82 Å². The predicted octanol–water partition coefficient (Wildman–Crippen LogP) is 3.15. The van der Waals surface area contributed by atoms with Crippen molar-refractivity contribution in [2.24, 2.45) is 0 Å². The summed E-state index contributed by atoms with van der Waals surface area (Å²) in [6, 6.07) is 5.65. The second-order valence-corrected chi connectivity index (χ2v) is 5.43. The lowest BCUT2D eigenvalue weighted by Crippen LogP contribution is -2.28. The molecule has 5 heteroatoms. The average Bonchev–Trinajstić information content (AvgIpc) is 2.77. The minimum Gasteiger partial charge on any atom is -0.361 e. The number of aryl methyl sites for hydroxylation is 3. The topological polar surface area (TPSA) is 59.2 Å². The molecule has 0 aliphatic heterocycles. The van der Waals surface area contributed by atoms with Gasteiger partial charge in [-0.2, -0.15) is 0 Å². The SMILES string of the molecule is Cc1cccc(N(C)C(=O)CC(C)c2c(C)noc2C)n1. The molecule has 1 atom stereocenters. The zero-order valence-corrected chi connectivity index (χ0v) is 13.2. The van der Waals surface area contributed by atoms with E-state index in [0.717, 1.165) is 22.7 Å². The number of rotatable bonds is 4. The Labute approximate surface area is 125 Å². The summed E-state index contributed by atoms with van der Waals surface area (Å²) in [4.78, 5) is 18.4. The van der Waals surface area contributed by atoms with Crippen LogP contribution in [0.2, 0.25) is 0 Å². The first-order chi connectivity index (χ1) is 9.90. The molecule has 0 spiro atoms. The minimum absolute atomic E-state index is 0.0283. The first-order valence-corrected chi connectivity index (χ1v) is 7.03. The quantitative estimate of drug-likeness (QED) is 0.866. The highest BCUT2D eigenvalue weighted by Crippen LogP contribution is 2.26. The molecule has 0 saturated carbocycles. The van der Waals surface area contributed by atoms with Crippen LogP contribution in [-0.2, 0) is 4.79 Å². The van der Waals surface area contributed by atoms with Crippen molar-refractivity contribution in [2.45, 2.75) is 40.0 Å². The molecule has 0 aliphatic rings. The molecular weight excluding hydrogens is 266 g/mol. The van der Waals surface area contributed by atoms with Crippen LogP contribution in [0.5, 0.6) is 0 Å². The van der Waals surface area contributed by atoms with Gasteiger partial charge in [0.05, 0.1) is 5.69 Å². The fraction of sp³-hybridized carbons (Fsp3) is 0.438.